The predicted molar refractivity (Wildman–Crippen MR) is 60.6 cm³/mol. The summed E-state index contributed by atoms with van der Waals surface area (Å²) in [7, 11) is 0. The molecular formula is C11H14N2O3. The van der Waals surface area contributed by atoms with Crippen molar-refractivity contribution in [2.75, 3.05) is 18.0 Å². The number of nitro groups is 1. The Balaban J connectivity index is 2.11. The number of hydrogen-bond donors (Lipinski definition) is 1. The zero-order valence-electron chi connectivity index (χ0n) is 8.87. The second-order valence-electron chi connectivity index (χ2n) is 4.02. The van der Waals surface area contributed by atoms with Crippen molar-refractivity contribution in [3.63, 3.8) is 0 Å². The predicted octanol–water partition coefficient (Wildman–Crippen LogP) is 1.56. The lowest BCUT2D eigenvalue weighted by molar-refractivity contribution is -0.384. The molecule has 16 heavy (non-hydrogen) atoms. The second kappa shape index (κ2) is 4.49. The van der Waals surface area contributed by atoms with Gasteiger partial charge in [-0.05, 0) is 25.0 Å². The largest absolute Gasteiger partial charge is 0.391 e. The van der Waals surface area contributed by atoms with Gasteiger partial charge in [0.2, 0.25) is 0 Å². The molecule has 1 N–H and O–H groups in total. The lowest BCUT2D eigenvalue weighted by atomic mass is 10.1. The van der Waals surface area contributed by atoms with Crippen LogP contribution in [-0.2, 0) is 0 Å². The van der Waals surface area contributed by atoms with E-state index in [1.165, 1.54) is 12.1 Å². The molecule has 0 aromatic heterocycles. The first kappa shape index (κ1) is 10.9. The van der Waals surface area contributed by atoms with Gasteiger partial charge in [-0.3, -0.25) is 10.1 Å². The van der Waals surface area contributed by atoms with E-state index < -0.39 is 4.92 Å². The normalized spacial score (nSPS) is 20.8. The van der Waals surface area contributed by atoms with Gasteiger partial charge in [0.1, 0.15) is 0 Å². The molecule has 2 rings (SSSR count). The molecule has 86 valence electrons. The van der Waals surface area contributed by atoms with Crippen LogP contribution in [0.3, 0.4) is 0 Å². The molecular weight excluding hydrogens is 208 g/mol. The van der Waals surface area contributed by atoms with Gasteiger partial charge in [0.25, 0.3) is 5.69 Å². The van der Waals surface area contributed by atoms with E-state index in [-0.39, 0.29) is 11.8 Å². The fourth-order valence-corrected chi connectivity index (χ4v) is 1.97. The van der Waals surface area contributed by atoms with E-state index in [1.807, 2.05) is 0 Å². The summed E-state index contributed by atoms with van der Waals surface area (Å²) in [6, 6.07) is 6.46. The first-order chi connectivity index (χ1) is 7.66. The molecule has 0 spiro atoms. The number of non-ortho nitro benzene ring substituents is 1. The highest BCUT2D eigenvalue weighted by atomic mass is 16.6. The topological polar surface area (TPSA) is 66.6 Å². The molecule has 1 heterocycles. The molecule has 1 atom stereocenters. The molecule has 1 aromatic carbocycles. The highest BCUT2D eigenvalue weighted by Gasteiger charge is 2.18. The third-order valence-electron chi connectivity index (χ3n) is 2.82. The third-order valence-corrected chi connectivity index (χ3v) is 2.82. The van der Waals surface area contributed by atoms with E-state index in [2.05, 4.69) is 4.90 Å². The van der Waals surface area contributed by atoms with Crippen molar-refractivity contribution in [3.05, 3.63) is 34.4 Å². The van der Waals surface area contributed by atoms with Crippen LogP contribution in [-0.4, -0.2) is 29.2 Å². The lowest BCUT2D eigenvalue weighted by Crippen LogP contribution is -2.38. The van der Waals surface area contributed by atoms with E-state index >= 15 is 0 Å². The fraction of sp³-hybridized carbons (Fsp3) is 0.455. The molecule has 1 aliphatic rings. The van der Waals surface area contributed by atoms with Gasteiger partial charge in [-0.2, -0.15) is 0 Å². The molecule has 1 aliphatic heterocycles. The Labute approximate surface area is 93.5 Å². The summed E-state index contributed by atoms with van der Waals surface area (Å²) >= 11 is 0. The molecule has 1 aromatic rings. The Morgan fingerprint density at radius 3 is 2.62 bits per heavy atom. The van der Waals surface area contributed by atoms with Crippen LogP contribution in [0.4, 0.5) is 11.4 Å². The van der Waals surface area contributed by atoms with Gasteiger partial charge in [-0.25, -0.2) is 0 Å². The third kappa shape index (κ3) is 2.30. The van der Waals surface area contributed by atoms with E-state index in [4.69, 9.17) is 0 Å². The zero-order chi connectivity index (χ0) is 11.5. The zero-order valence-corrected chi connectivity index (χ0v) is 8.87. The van der Waals surface area contributed by atoms with Crippen molar-refractivity contribution in [1.82, 2.24) is 0 Å². The monoisotopic (exact) mass is 222 g/mol. The first-order valence-electron chi connectivity index (χ1n) is 5.34. The molecule has 1 fully saturated rings. The average molecular weight is 222 g/mol. The minimum absolute atomic E-state index is 0.0984. The van der Waals surface area contributed by atoms with E-state index in [0.29, 0.717) is 6.54 Å². The van der Waals surface area contributed by atoms with Crippen LogP contribution in [0, 0.1) is 10.1 Å². The number of nitro benzene ring substituents is 1. The molecule has 0 radical (unpaired) electrons. The van der Waals surface area contributed by atoms with Crippen LogP contribution in [0.1, 0.15) is 12.8 Å². The maximum atomic E-state index is 10.5. The van der Waals surface area contributed by atoms with Gasteiger partial charge in [0.05, 0.1) is 11.0 Å². The average Bonchev–Trinajstić information content (AvgIpc) is 2.29. The Bertz CT molecular complexity index is 377. The first-order valence-corrected chi connectivity index (χ1v) is 5.34. The number of β-amino-alcohol motifs (C(OH)–C–C–N with tert-alkyl or cyclic N) is 1. The molecule has 1 unspecified atom stereocenters. The smallest absolute Gasteiger partial charge is 0.269 e. The van der Waals surface area contributed by atoms with Gasteiger partial charge in [-0.1, -0.05) is 0 Å². The Morgan fingerprint density at radius 2 is 2.06 bits per heavy atom. The van der Waals surface area contributed by atoms with Crippen LogP contribution < -0.4 is 4.90 Å². The number of nitrogens with zero attached hydrogens (tertiary/aromatic N) is 2. The van der Waals surface area contributed by atoms with Crippen LogP contribution in [0.15, 0.2) is 24.3 Å². The van der Waals surface area contributed by atoms with Crippen molar-refractivity contribution >= 4 is 11.4 Å². The fourth-order valence-electron chi connectivity index (χ4n) is 1.97. The van der Waals surface area contributed by atoms with Gasteiger partial charge in [0, 0.05) is 30.9 Å². The molecule has 5 nitrogen and oxygen atoms in total. The SMILES string of the molecule is O=[N+]([O-])c1ccc(N2CCCC(O)C2)cc1. The molecule has 0 amide bonds. The number of anilines is 1. The van der Waals surface area contributed by atoms with Crippen molar-refractivity contribution in [2.24, 2.45) is 0 Å². The number of benzene rings is 1. The number of aliphatic hydroxyl groups excluding tert-OH is 1. The maximum Gasteiger partial charge on any atom is 0.269 e. The van der Waals surface area contributed by atoms with E-state index in [0.717, 1.165) is 25.1 Å². The summed E-state index contributed by atoms with van der Waals surface area (Å²) in [5.41, 5.74) is 1.03. The van der Waals surface area contributed by atoms with Gasteiger partial charge < -0.3 is 10.0 Å². The van der Waals surface area contributed by atoms with Gasteiger partial charge >= 0.3 is 0 Å². The number of piperidine rings is 1. The second-order valence-corrected chi connectivity index (χ2v) is 4.02. The summed E-state index contributed by atoms with van der Waals surface area (Å²) in [4.78, 5) is 12.1. The van der Waals surface area contributed by atoms with Crippen LogP contribution in [0.2, 0.25) is 0 Å². The van der Waals surface area contributed by atoms with Crippen molar-refractivity contribution in [1.29, 1.82) is 0 Å². The van der Waals surface area contributed by atoms with Crippen LogP contribution >= 0.6 is 0 Å². The Hall–Kier alpha value is -1.62. The van der Waals surface area contributed by atoms with Crippen LogP contribution in [0.25, 0.3) is 0 Å². The van der Waals surface area contributed by atoms with Crippen molar-refractivity contribution in [3.8, 4) is 0 Å². The molecule has 0 aliphatic carbocycles. The van der Waals surface area contributed by atoms with E-state index in [1.54, 1.807) is 12.1 Å². The Kier molecular flexibility index (Phi) is 3.05. The summed E-state index contributed by atoms with van der Waals surface area (Å²) < 4.78 is 0. The highest BCUT2D eigenvalue weighted by Crippen LogP contribution is 2.22. The van der Waals surface area contributed by atoms with E-state index in [9.17, 15) is 15.2 Å². The van der Waals surface area contributed by atoms with Gasteiger partial charge in [-0.15, -0.1) is 0 Å². The standard InChI is InChI=1S/C11H14N2O3/c14-11-2-1-7-12(8-11)9-3-5-10(6-4-9)13(15)16/h3-6,11,14H,1-2,7-8H2. The van der Waals surface area contributed by atoms with Crippen molar-refractivity contribution in [2.45, 2.75) is 18.9 Å². The highest BCUT2D eigenvalue weighted by molar-refractivity contribution is 5.51. The summed E-state index contributed by atoms with van der Waals surface area (Å²) in [5.74, 6) is 0. The maximum absolute atomic E-state index is 10.5. The van der Waals surface area contributed by atoms with Gasteiger partial charge in [0.15, 0.2) is 0 Å². The molecule has 0 bridgehead atoms. The Morgan fingerprint density at radius 1 is 1.38 bits per heavy atom. The van der Waals surface area contributed by atoms with Crippen LogP contribution in [0.5, 0.6) is 0 Å². The number of rotatable bonds is 2. The minimum Gasteiger partial charge on any atom is -0.391 e. The lowest BCUT2D eigenvalue weighted by Gasteiger charge is -2.31. The molecule has 5 heteroatoms. The molecule has 0 saturated carbocycles. The summed E-state index contributed by atoms with van der Waals surface area (Å²) in [5, 5.41) is 20.0. The summed E-state index contributed by atoms with van der Waals surface area (Å²) in [6.07, 6.45) is 1.51. The number of aliphatic hydroxyl groups is 1. The minimum atomic E-state index is -0.408. The van der Waals surface area contributed by atoms with Crippen molar-refractivity contribution < 1.29 is 10.0 Å². The quantitative estimate of drug-likeness (QED) is 0.609. The summed E-state index contributed by atoms with van der Waals surface area (Å²) in [6.45, 7) is 1.51. The number of hydrogen-bond acceptors (Lipinski definition) is 4. The molecule has 1 saturated heterocycles.